The minimum Gasteiger partial charge on any atom is -0.406 e. The van der Waals surface area contributed by atoms with Gasteiger partial charge in [-0.1, -0.05) is 12.1 Å². The van der Waals surface area contributed by atoms with Crippen LogP contribution in [0.4, 0.5) is 13.2 Å². The van der Waals surface area contributed by atoms with Crippen LogP contribution in [0, 0.1) is 0 Å². The number of benzene rings is 1. The number of hydrogen-bond donors (Lipinski definition) is 2. The molecule has 0 saturated heterocycles. The molecule has 0 fully saturated rings. The fraction of sp³-hybridized carbons (Fsp3) is 0.500. The molecule has 0 aromatic heterocycles. The van der Waals surface area contributed by atoms with Gasteiger partial charge in [0.2, 0.25) is 5.91 Å². The van der Waals surface area contributed by atoms with Crippen LogP contribution in [0.25, 0.3) is 0 Å². The quantitative estimate of drug-likeness (QED) is 0.715. The van der Waals surface area contributed by atoms with Gasteiger partial charge in [-0.2, -0.15) is 0 Å². The maximum Gasteiger partial charge on any atom is 0.573 e. The average molecular weight is 341 g/mol. The summed E-state index contributed by atoms with van der Waals surface area (Å²) < 4.78 is 39.7. The van der Waals surface area contributed by atoms with E-state index in [2.05, 4.69) is 10.1 Å². The van der Waals surface area contributed by atoms with E-state index in [0.29, 0.717) is 25.9 Å². The molecule has 0 atom stereocenters. The fourth-order valence-electron chi connectivity index (χ4n) is 1.70. The summed E-state index contributed by atoms with van der Waals surface area (Å²) >= 11 is 0. The molecular formula is C14H20ClF3N2O2. The molecule has 3 N–H and O–H groups in total. The van der Waals surface area contributed by atoms with Crippen molar-refractivity contribution in [2.45, 2.75) is 32.0 Å². The van der Waals surface area contributed by atoms with Gasteiger partial charge in [-0.05, 0) is 43.5 Å². The van der Waals surface area contributed by atoms with E-state index in [1.807, 2.05) is 0 Å². The third kappa shape index (κ3) is 9.46. The first kappa shape index (κ1) is 20.5. The number of halogens is 4. The molecule has 0 aliphatic carbocycles. The van der Waals surface area contributed by atoms with Gasteiger partial charge in [0.1, 0.15) is 5.75 Å². The molecule has 0 saturated carbocycles. The molecule has 0 radical (unpaired) electrons. The lowest BCUT2D eigenvalue weighted by atomic mass is 10.1. The van der Waals surface area contributed by atoms with E-state index < -0.39 is 6.36 Å². The van der Waals surface area contributed by atoms with Crippen LogP contribution in [0.3, 0.4) is 0 Å². The number of hydrogen-bond acceptors (Lipinski definition) is 3. The molecule has 1 aromatic rings. The molecule has 22 heavy (non-hydrogen) atoms. The Kier molecular flexibility index (Phi) is 9.60. The van der Waals surface area contributed by atoms with Crippen LogP contribution in [0.1, 0.15) is 24.8 Å². The van der Waals surface area contributed by atoms with E-state index in [9.17, 15) is 18.0 Å². The van der Waals surface area contributed by atoms with Crippen LogP contribution < -0.4 is 15.8 Å². The summed E-state index contributed by atoms with van der Waals surface area (Å²) in [6, 6.07) is 5.51. The summed E-state index contributed by atoms with van der Waals surface area (Å²) in [4.78, 5) is 11.5. The first-order chi connectivity index (χ1) is 9.90. The van der Waals surface area contributed by atoms with E-state index in [4.69, 9.17) is 5.73 Å². The van der Waals surface area contributed by atoms with Crippen LogP contribution in [-0.2, 0) is 11.2 Å². The van der Waals surface area contributed by atoms with E-state index in [1.165, 1.54) is 24.3 Å². The van der Waals surface area contributed by atoms with Crippen molar-refractivity contribution in [1.29, 1.82) is 0 Å². The van der Waals surface area contributed by atoms with Crippen molar-refractivity contribution in [2.24, 2.45) is 5.73 Å². The zero-order valence-corrected chi connectivity index (χ0v) is 12.8. The number of carbonyl (C=O) groups excluding carboxylic acids is 1. The molecule has 0 heterocycles. The lowest BCUT2D eigenvalue weighted by Gasteiger charge is -2.09. The van der Waals surface area contributed by atoms with Crippen LogP contribution in [0.2, 0.25) is 0 Å². The van der Waals surface area contributed by atoms with Gasteiger partial charge in [-0.3, -0.25) is 4.79 Å². The third-order valence-electron chi connectivity index (χ3n) is 2.75. The van der Waals surface area contributed by atoms with Gasteiger partial charge < -0.3 is 15.8 Å². The van der Waals surface area contributed by atoms with Gasteiger partial charge in [-0.25, -0.2) is 0 Å². The summed E-state index contributed by atoms with van der Waals surface area (Å²) in [7, 11) is 0. The fourth-order valence-corrected chi connectivity index (χ4v) is 1.70. The average Bonchev–Trinajstić information content (AvgIpc) is 2.41. The molecule has 0 bridgehead atoms. The van der Waals surface area contributed by atoms with Crippen molar-refractivity contribution < 1.29 is 22.7 Å². The van der Waals surface area contributed by atoms with Crippen molar-refractivity contribution >= 4 is 18.3 Å². The second kappa shape index (κ2) is 10.3. The van der Waals surface area contributed by atoms with Crippen molar-refractivity contribution in [3.63, 3.8) is 0 Å². The maximum absolute atomic E-state index is 12.0. The van der Waals surface area contributed by atoms with E-state index in [-0.39, 0.29) is 24.1 Å². The lowest BCUT2D eigenvalue weighted by molar-refractivity contribution is -0.274. The molecule has 0 aliphatic heterocycles. The molecule has 1 amide bonds. The van der Waals surface area contributed by atoms with Crippen LogP contribution in [0.5, 0.6) is 5.75 Å². The number of alkyl halides is 3. The summed E-state index contributed by atoms with van der Waals surface area (Å²) in [5, 5.41) is 2.76. The monoisotopic (exact) mass is 340 g/mol. The van der Waals surface area contributed by atoms with Crippen molar-refractivity contribution in [3.8, 4) is 5.75 Å². The highest BCUT2D eigenvalue weighted by Crippen LogP contribution is 2.22. The van der Waals surface area contributed by atoms with Crippen molar-refractivity contribution in [1.82, 2.24) is 5.32 Å². The molecule has 8 heteroatoms. The Morgan fingerprint density at radius 2 is 1.82 bits per heavy atom. The Hall–Kier alpha value is -1.47. The Morgan fingerprint density at radius 3 is 2.36 bits per heavy atom. The largest absolute Gasteiger partial charge is 0.573 e. The third-order valence-corrected chi connectivity index (χ3v) is 2.75. The zero-order valence-electron chi connectivity index (χ0n) is 12.0. The normalized spacial score (nSPS) is 10.7. The number of nitrogens with one attached hydrogen (secondary N) is 1. The van der Waals surface area contributed by atoms with Gasteiger partial charge >= 0.3 is 6.36 Å². The highest BCUT2D eigenvalue weighted by Gasteiger charge is 2.30. The van der Waals surface area contributed by atoms with Crippen LogP contribution in [-0.4, -0.2) is 25.4 Å². The second-order valence-electron chi connectivity index (χ2n) is 4.54. The first-order valence-corrected chi connectivity index (χ1v) is 6.72. The highest BCUT2D eigenvalue weighted by molar-refractivity contribution is 5.85. The number of unbranched alkanes of at least 4 members (excludes halogenated alkanes) is 1. The minimum absolute atomic E-state index is 0. The summed E-state index contributed by atoms with van der Waals surface area (Å²) in [5.74, 6) is -0.347. The number of nitrogens with two attached hydrogens (primary N) is 1. The van der Waals surface area contributed by atoms with Gasteiger partial charge in [0.25, 0.3) is 0 Å². The SMILES string of the molecule is Cl.NCCCCNC(=O)CCc1ccc(OC(F)(F)F)cc1. The summed E-state index contributed by atoms with van der Waals surface area (Å²) in [6.45, 7) is 1.19. The Bertz CT molecular complexity index is 439. The second-order valence-corrected chi connectivity index (χ2v) is 4.54. The molecule has 0 unspecified atom stereocenters. The molecule has 1 rings (SSSR count). The van der Waals surface area contributed by atoms with E-state index >= 15 is 0 Å². The summed E-state index contributed by atoms with van der Waals surface area (Å²) in [6.07, 6.45) is -2.23. The van der Waals surface area contributed by atoms with E-state index in [0.717, 1.165) is 18.4 Å². The Morgan fingerprint density at radius 1 is 1.18 bits per heavy atom. The first-order valence-electron chi connectivity index (χ1n) is 6.72. The molecule has 4 nitrogen and oxygen atoms in total. The van der Waals surface area contributed by atoms with Gasteiger partial charge in [0.05, 0.1) is 0 Å². The van der Waals surface area contributed by atoms with Crippen molar-refractivity contribution in [2.75, 3.05) is 13.1 Å². The van der Waals surface area contributed by atoms with Crippen LogP contribution in [0.15, 0.2) is 24.3 Å². The van der Waals surface area contributed by atoms with Gasteiger partial charge in [0.15, 0.2) is 0 Å². The van der Waals surface area contributed by atoms with Crippen LogP contribution >= 0.6 is 12.4 Å². The lowest BCUT2D eigenvalue weighted by Crippen LogP contribution is -2.25. The number of rotatable bonds is 8. The maximum atomic E-state index is 12.0. The smallest absolute Gasteiger partial charge is 0.406 e. The van der Waals surface area contributed by atoms with Gasteiger partial charge in [-0.15, -0.1) is 25.6 Å². The molecule has 126 valence electrons. The number of amides is 1. The Labute approximate surface area is 133 Å². The summed E-state index contributed by atoms with van der Waals surface area (Å²) in [5.41, 5.74) is 6.12. The Balaban J connectivity index is 0.00000441. The minimum atomic E-state index is -4.69. The van der Waals surface area contributed by atoms with E-state index in [1.54, 1.807) is 0 Å². The predicted molar refractivity (Wildman–Crippen MR) is 80.0 cm³/mol. The molecular weight excluding hydrogens is 321 g/mol. The predicted octanol–water partition coefficient (Wildman–Crippen LogP) is 2.79. The number of carbonyl (C=O) groups is 1. The highest BCUT2D eigenvalue weighted by atomic mass is 35.5. The number of aryl methyl sites for hydroxylation is 1. The number of ether oxygens (including phenoxy) is 1. The molecule has 0 spiro atoms. The molecule has 0 aliphatic rings. The van der Waals surface area contributed by atoms with Gasteiger partial charge in [0, 0.05) is 13.0 Å². The zero-order chi connectivity index (χ0) is 15.7. The topological polar surface area (TPSA) is 64.3 Å². The molecule has 1 aromatic carbocycles. The van der Waals surface area contributed by atoms with Crippen molar-refractivity contribution in [3.05, 3.63) is 29.8 Å². The standard InChI is InChI=1S/C14H19F3N2O2.ClH/c15-14(16,17)21-12-6-3-11(4-7-12)5-8-13(20)19-10-2-1-9-18;/h3-4,6-7H,1-2,5,8-10,18H2,(H,19,20);1H.